The number of aromatic nitrogens is 3. The molecule has 3 N–H and O–H groups in total. The Balaban J connectivity index is 1.59. The predicted octanol–water partition coefficient (Wildman–Crippen LogP) is 3.12. The zero-order valence-electron chi connectivity index (χ0n) is 15.5. The van der Waals surface area contributed by atoms with Crippen molar-refractivity contribution >= 4 is 11.6 Å². The molecular formula is C20H26FN5O. The number of aryl methyl sites for hydroxylation is 1. The Labute approximate surface area is 158 Å². The van der Waals surface area contributed by atoms with E-state index in [1.165, 1.54) is 6.07 Å². The molecule has 2 heterocycles. The largest absolute Gasteiger partial charge is 0.330 e. The van der Waals surface area contributed by atoms with Crippen molar-refractivity contribution in [1.82, 2.24) is 14.8 Å². The Morgan fingerprint density at radius 1 is 1.22 bits per heavy atom. The number of fused-ring (bicyclic) bond motifs is 1. The van der Waals surface area contributed by atoms with E-state index in [9.17, 15) is 9.18 Å². The minimum Gasteiger partial charge on any atom is -0.330 e. The van der Waals surface area contributed by atoms with Crippen LogP contribution in [0.1, 0.15) is 44.3 Å². The number of carbonyl (C=O) groups excluding carboxylic acids is 1. The van der Waals surface area contributed by atoms with E-state index in [1.54, 1.807) is 12.1 Å². The predicted molar refractivity (Wildman–Crippen MR) is 101 cm³/mol. The molecule has 27 heavy (non-hydrogen) atoms. The van der Waals surface area contributed by atoms with Gasteiger partial charge in [0, 0.05) is 24.6 Å². The number of anilines is 1. The Hall–Kier alpha value is -2.28. The van der Waals surface area contributed by atoms with Crippen LogP contribution in [0.15, 0.2) is 18.2 Å². The lowest BCUT2D eigenvalue weighted by atomic mass is 9.95. The quantitative estimate of drug-likeness (QED) is 0.865. The van der Waals surface area contributed by atoms with Crippen molar-refractivity contribution in [3.05, 3.63) is 29.8 Å². The van der Waals surface area contributed by atoms with E-state index in [0.29, 0.717) is 23.6 Å². The number of hydrogen-bond donors (Lipinski definition) is 2. The van der Waals surface area contributed by atoms with Crippen molar-refractivity contribution < 1.29 is 9.18 Å². The van der Waals surface area contributed by atoms with E-state index < -0.39 is 0 Å². The van der Waals surface area contributed by atoms with Gasteiger partial charge in [-0.2, -0.15) is 0 Å². The number of hydrogen-bond acceptors (Lipinski definition) is 4. The van der Waals surface area contributed by atoms with Gasteiger partial charge in [-0.15, -0.1) is 10.2 Å². The van der Waals surface area contributed by atoms with Crippen molar-refractivity contribution in [3.8, 4) is 11.4 Å². The van der Waals surface area contributed by atoms with E-state index in [4.69, 9.17) is 5.73 Å². The average Bonchev–Trinajstić information content (AvgIpc) is 3.24. The highest BCUT2D eigenvalue weighted by Crippen LogP contribution is 2.33. The zero-order chi connectivity index (χ0) is 18.8. The molecule has 1 aromatic carbocycles. The highest BCUT2D eigenvalue weighted by Gasteiger charge is 2.32. The van der Waals surface area contributed by atoms with E-state index in [2.05, 4.69) is 15.5 Å². The lowest BCUT2D eigenvalue weighted by Crippen LogP contribution is -2.29. The fourth-order valence-corrected chi connectivity index (χ4v) is 4.36. The van der Waals surface area contributed by atoms with Gasteiger partial charge in [0.25, 0.3) is 0 Å². The van der Waals surface area contributed by atoms with E-state index >= 15 is 0 Å². The molecule has 2 atom stereocenters. The second-order valence-corrected chi connectivity index (χ2v) is 7.62. The lowest BCUT2D eigenvalue weighted by molar-refractivity contribution is -0.120. The molecule has 6 nitrogen and oxygen atoms in total. The van der Waals surface area contributed by atoms with Crippen molar-refractivity contribution in [3.63, 3.8) is 0 Å². The fourth-order valence-electron chi connectivity index (χ4n) is 4.36. The van der Waals surface area contributed by atoms with Crippen LogP contribution in [0, 0.1) is 17.7 Å². The summed E-state index contributed by atoms with van der Waals surface area (Å²) in [7, 11) is 0. The molecule has 144 valence electrons. The molecule has 7 heteroatoms. The summed E-state index contributed by atoms with van der Waals surface area (Å²) in [4.78, 5) is 12.7. The highest BCUT2D eigenvalue weighted by molar-refractivity contribution is 5.93. The third-order valence-electron chi connectivity index (χ3n) is 5.88. The summed E-state index contributed by atoms with van der Waals surface area (Å²) in [5, 5.41) is 11.4. The second kappa shape index (κ2) is 7.76. The minimum absolute atomic E-state index is 0.0272. The number of benzene rings is 1. The standard InChI is InChI=1S/C20H26FN5O/c21-17-9-8-14(23-20(27)15-6-4-5-13(15)12-22)11-16(17)19-25-24-18-7-2-1-3-10-26(18)19/h8-9,11,13,15H,1-7,10,12,22H2,(H,23,27)/t13-,15-/m1/s1. The zero-order valence-corrected chi connectivity index (χ0v) is 15.5. The van der Waals surface area contributed by atoms with E-state index in [-0.39, 0.29) is 23.6 Å². The molecule has 1 saturated carbocycles. The van der Waals surface area contributed by atoms with E-state index in [1.807, 2.05) is 4.57 Å². The third-order valence-corrected chi connectivity index (χ3v) is 5.88. The number of amides is 1. The molecule has 1 amide bonds. The van der Waals surface area contributed by atoms with Gasteiger partial charge in [0.2, 0.25) is 5.91 Å². The van der Waals surface area contributed by atoms with Crippen molar-refractivity contribution in [2.24, 2.45) is 17.6 Å². The van der Waals surface area contributed by atoms with Crippen LogP contribution in [0.2, 0.25) is 0 Å². The van der Waals surface area contributed by atoms with Gasteiger partial charge in [-0.25, -0.2) is 4.39 Å². The number of rotatable bonds is 4. The normalized spacial score (nSPS) is 22.3. The topological polar surface area (TPSA) is 85.8 Å². The minimum atomic E-state index is -0.354. The third kappa shape index (κ3) is 3.60. The Bertz CT molecular complexity index is 834. The van der Waals surface area contributed by atoms with Gasteiger partial charge in [0.05, 0.1) is 5.56 Å². The van der Waals surface area contributed by atoms with Crippen LogP contribution in [-0.4, -0.2) is 27.2 Å². The molecule has 1 aromatic heterocycles. The van der Waals surface area contributed by atoms with Crippen molar-refractivity contribution in [2.75, 3.05) is 11.9 Å². The van der Waals surface area contributed by atoms with Crippen LogP contribution < -0.4 is 11.1 Å². The summed E-state index contributed by atoms with van der Waals surface area (Å²) in [6.45, 7) is 1.33. The molecule has 1 aliphatic carbocycles. The van der Waals surface area contributed by atoms with Crippen molar-refractivity contribution in [2.45, 2.75) is 51.5 Å². The summed E-state index contributed by atoms with van der Waals surface area (Å²) < 4.78 is 16.6. The molecule has 0 saturated heterocycles. The number of nitrogens with one attached hydrogen (secondary N) is 1. The molecule has 2 aromatic rings. The maximum atomic E-state index is 14.5. The highest BCUT2D eigenvalue weighted by atomic mass is 19.1. The van der Waals surface area contributed by atoms with Gasteiger partial charge in [-0.05, 0) is 56.3 Å². The molecule has 0 unspecified atom stereocenters. The maximum absolute atomic E-state index is 14.5. The van der Waals surface area contributed by atoms with E-state index in [0.717, 1.165) is 57.3 Å². The molecule has 2 aliphatic rings. The maximum Gasteiger partial charge on any atom is 0.227 e. The smallest absolute Gasteiger partial charge is 0.227 e. The first kappa shape index (κ1) is 18.1. The first-order valence-electron chi connectivity index (χ1n) is 9.90. The van der Waals surface area contributed by atoms with Gasteiger partial charge < -0.3 is 15.6 Å². The molecule has 4 rings (SSSR count). The summed E-state index contributed by atoms with van der Waals surface area (Å²) in [6.07, 6.45) is 7.02. The van der Waals surface area contributed by atoms with Gasteiger partial charge in [-0.3, -0.25) is 4.79 Å². The Kier molecular flexibility index (Phi) is 5.20. The number of nitrogens with two attached hydrogens (primary N) is 1. The van der Waals surface area contributed by atoms with Crippen LogP contribution in [-0.2, 0) is 17.8 Å². The first-order valence-corrected chi connectivity index (χ1v) is 9.90. The SMILES string of the molecule is NC[C@H]1CCC[C@H]1C(=O)Nc1ccc(F)c(-c2nnc3n2CCCCC3)c1. The number of carbonyl (C=O) groups is 1. The fraction of sp³-hybridized carbons (Fsp3) is 0.550. The van der Waals surface area contributed by atoms with Gasteiger partial charge in [0.15, 0.2) is 5.82 Å². The molecular weight excluding hydrogens is 345 g/mol. The van der Waals surface area contributed by atoms with Crippen molar-refractivity contribution in [1.29, 1.82) is 0 Å². The van der Waals surface area contributed by atoms with Gasteiger partial charge in [0.1, 0.15) is 11.6 Å². The molecule has 1 aliphatic heterocycles. The van der Waals surface area contributed by atoms with Crippen LogP contribution >= 0.6 is 0 Å². The average molecular weight is 371 g/mol. The van der Waals surface area contributed by atoms with Gasteiger partial charge in [-0.1, -0.05) is 12.8 Å². The van der Waals surface area contributed by atoms with Crippen LogP contribution in [0.5, 0.6) is 0 Å². The summed E-state index contributed by atoms with van der Waals surface area (Å²) in [6, 6.07) is 4.66. The monoisotopic (exact) mass is 371 g/mol. The lowest BCUT2D eigenvalue weighted by Gasteiger charge is -2.18. The Morgan fingerprint density at radius 3 is 2.96 bits per heavy atom. The first-order chi connectivity index (χ1) is 13.2. The number of nitrogens with zero attached hydrogens (tertiary/aromatic N) is 3. The second-order valence-electron chi connectivity index (χ2n) is 7.62. The molecule has 0 spiro atoms. The number of halogens is 1. The van der Waals surface area contributed by atoms with Crippen LogP contribution in [0.25, 0.3) is 11.4 Å². The van der Waals surface area contributed by atoms with Crippen LogP contribution in [0.4, 0.5) is 10.1 Å². The molecule has 1 fully saturated rings. The molecule has 0 radical (unpaired) electrons. The summed E-state index contributed by atoms with van der Waals surface area (Å²) in [5.74, 6) is 1.24. The summed E-state index contributed by atoms with van der Waals surface area (Å²) >= 11 is 0. The Morgan fingerprint density at radius 2 is 2.11 bits per heavy atom. The van der Waals surface area contributed by atoms with Gasteiger partial charge >= 0.3 is 0 Å². The molecule has 0 bridgehead atoms. The van der Waals surface area contributed by atoms with Crippen LogP contribution in [0.3, 0.4) is 0 Å². The summed E-state index contributed by atoms with van der Waals surface area (Å²) in [5.41, 5.74) is 6.77.